The number of ether oxygens (including phenoxy) is 2. The van der Waals surface area contributed by atoms with E-state index in [2.05, 4.69) is 34.6 Å². The van der Waals surface area contributed by atoms with E-state index in [1.54, 1.807) is 0 Å². The summed E-state index contributed by atoms with van der Waals surface area (Å²) >= 11 is 0. The third-order valence-electron chi connectivity index (χ3n) is 8.11. The molecule has 3 unspecified atom stereocenters. The van der Waals surface area contributed by atoms with E-state index < -0.39 is 16.6 Å². The highest BCUT2D eigenvalue weighted by Gasteiger charge is 2.66. The molecular formula is C27H46O4. The van der Waals surface area contributed by atoms with Crippen LogP contribution >= 0.6 is 0 Å². The van der Waals surface area contributed by atoms with Crippen LogP contribution in [0.4, 0.5) is 0 Å². The molecule has 4 heteroatoms. The van der Waals surface area contributed by atoms with Crippen LogP contribution < -0.4 is 0 Å². The molecule has 4 rings (SSSR count). The summed E-state index contributed by atoms with van der Waals surface area (Å²) in [4.78, 5) is 26.6. The predicted octanol–water partition coefficient (Wildman–Crippen LogP) is 6.84. The van der Waals surface area contributed by atoms with Gasteiger partial charge in [0, 0.05) is 11.8 Å². The fourth-order valence-electron chi connectivity index (χ4n) is 7.14. The van der Waals surface area contributed by atoms with Gasteiger partial charge in [-0.3, -0.25) is 9.59 Å². The smallest absolute Gasteiger partial charge is 0.312 e. The summed E-state index contributed by atoms with van der Waals surface area (Å²) in [7, 11) is 0. The molecule has 0 aromatic rings. The van der Waals surface area contributed by atoms with Crippen LogP contribution in [0.3, 0.4) is 0 Å². The zero-order valence-corrected chi connectivity index (χ0v) is 21.4. The van der Waals surface area contributed by atoms with Gasteiger partial charge in [-0.05, 0) is 89.4 Å². The van der Waals surface area contributed by atoms with Crippen molar-refractivity contribution in [3.63, 3.8) is 0 Å². The number of esters is 2. The van der Waals surface area contributed by atoms with Crippen molar-refractivity contribution >= 4 is 11.9 Å². The number of hydrogen-bond donors (Lipinski definition) is 0. The lowest BCUT2D eigenvalue weighted by Crippen LogP contribution is -2.53. The Hall–Kier alpha value is -1.06. The molecule has 0 saturated heterocycles. The Balaban J connectivity index is 1.93. The van der Waals surface area contributed by atoms with Crippen LogP contribution in [-0.2, 0) is 19.1 Å². The Bertz CT molecular complexity index is 681. The standard InChI is InChI=1S/C27H46O4/c1-9-11-25(8)18-26(22(29)31-24(5,6)7)14-19-13-20(15-26)17-27(25,16-19)30-21(28)10-12-23(2,3)4/h19-20H,9-18H2,1-8H3. The normalized spacial score (nSPS) is 37.4. The molecule has 0 spiro atoms. The van der Waals surface area contributed by atoms with Crippen LogP contribution in [0.2, 0.25) is 0 Å². The summed E-state index contributed by atoms with van der Waals surface area (Å²) in [5.74, 6) is 0.806. The number of fused-ring (bicyclic) bond motifs is 1. The maximum Gasteiger partial charge on any atom is 0.312 e. The monoisotopic (exact) mass is 434 g/mol. The lowest BCUT2D eigenvalue weighted by Gasteiger charge is -2.51. The van der Waals surface area contributed by atoms with Gasteiger partial charge in [0.15, 0.2) is 0 Å². The second kappa shape index (κ2) is 8.06. The van der Waals surface area contributed by atoms with Crippen LogP contribution in [0.5, 0.6) is 0 Å². The summed E-state index contributed by atoms with van der Waals surface area (Å²) in [6, 6.07) is 0. The first kappa shape index (κ1) is 24.6. The van der Waals surface area contributed by atoms with E-state index in [-0.39, 0.29) is 22.8 Å². The molecule has 3 atom stereocenters. The largest absolute Gasteiger partial charge is 0.460 e. The fraction of sp³-hybridized carbons (Fsp3) is 0.926. The Kier molecular flexibility index (Phi) is 6.39. The summed E-state index contributed by atoms with van der Waals surface area (Å²) in [5, 5.41) is 0. The maximum absolute atomic E-state index is 13.6. The van der Waals surface area contributed by atoms with Gasteiger partial charge in [0.2, 0.25) is 0 Å². The van der Waals surface area contributed by atoms with Crippen molar-refractivity contribution < 1.29 is 19.1 Å². The SMILES string of the molecule is CCCC1(C)CC2(C(=O)OC(C)(C)C)CC3CC(C2)CC1(OC(=O)CCC(C)(C)C)C3. The zero-order chi connectivity index (χ0) is 23.3. The Morgan fingerprint density at radius 3 is 2.03 bits per heavy atom. The fourth-order valence-corrected chi connectivity index (χ4v) is 7.14. The molecule has 4 saturated carbocycles. The molecule has 0 N–H and O–H groups in total. The van der Waals surface area contributed by atoms with Crippen LogP contribution in [0.1, 0.15) is 120 Å². The van der Waals surface area contributed by atoms with Gasteiger partial charge >= 0.3 is 11.9 Å². The Morgan fingerprint density at radius 1 is 0.968 bits per heavy atom. The quantitative estimate of drug-likeness (QED) is 0.429. The van der Waals surface area contributed by atoms with Crippen LogP contribution in [0.25, 0.3) is 0 Å². The van der Waals surface area contributed by atoms with E-state index in [0.29, 0.717) is 18.3 Å². The summed E-state index contributed by atoms with van der Waals surface area (Å²) in [6.45, 7) is 16.9. The second-order valence-electron chi connectivity index (χ2n) is 13.6. The molecule has 0 heterocycles. The highest BCUT2D eigenvalue weighted by atomic mass is 16.6. The molecule has 4 aliphatic rings. The molecule has 0 amide bonds. The second-order valence-corrected chi connectivity index (χ2v) is 13.6. The minimum Gasteiger partial charge on any atom is -0.460 e. The van der Waals surface area contributed by atoms with Crippen molar-refractivity contribution in [1.29, 1.82) is 0 Å². The highest BCUT2D eigenvalue weighted by molar-refractivity contribution is 5.78. The van der Waals surface area contributed by atoms with E-state index in [0.717, 1.165) is 57.8 Å². The molecule has 4 nitrogen and oxygen atoms in total. The van der Waals surface area contributed by atoms with Crippen molar-refractivity contribution in [2.45, 2.75) is 131 Å². The average molecular weight is 435 g/mol. The predicted molar refractivity (Wildman–Crippen MR) is 123 cm³/mol. The molecule has 0 radical (unpaired) electrons. The molecule has 0 aliphatic heterocycles. The third kappa shape index (κ3) is 5.14. The Labute approximate surface area is 190 Å². The summed E-state index contributed by atoms with van der Waals surface area (Å²) in [5.41, 5.74) is -1.43. The first-order chi connectivity index (χ1) is 14.1. The molecule has 0 aromatic carbocycles. The van der Waals surface area contributed by atoms with E-state index in [1.807, 2.05) is 20.8 Å². The highest BCUT2D eigenvalue weighted by Crippen LogP contribution is 2.67. The molecule has 4 fully saturated rings. The van der Waals surface area contributed by atoms with Crippen LogP contribution in [0.15, 0.2) is 0 Å². The van der Waals surface area contributed by atoms with Gasteiger partial charge in [-0.1, -0.05) is 41.0 Å². The topological polar surface area (TPSA) is 52.6 Å². The number of carbonyl (C=O) groups excluding carboxylic acids is 2. The molecule has 31 heavy (non-hydrogen) atoms. The minimum atomic E-state index is -0.480. The van der Waals surface area contributed by atoms with Crippen LogP contribution in [0, 0.1) is 28.1 Å². The minimum absolute atomic E-state index is 0.0196. The zero-order valence-electron chi connectivity index (χ0n) is 21.4. The van der Waals surface area contributed by atoms with E-state index in [9.17, 15) is 9.59 Å². The third-order valence-corrected chi connectivity index (χ3v) is 8.11. The van der Waals surface area contributed by atoms with Crippen molar-refractivity contribution in [2.24, 2.45) is 28.1 Å². The van der Waals surface area contributed by atoms with Gasteiger partial charge in [0.25, 0.3) is 0 Å². The number of hydrogen-bond acceptors (Lipinski definition) is 4. The van der Waals surface area contributed by atoms with Gasteiger partial charge < -0.3 is 9.47 Å². The molecule has 0 aromatic heterocycles. The lowest BCUT2D eigenvalue weighted by molar-refractivity contribution is -0.190. The number of rotatable bonds is 6. The lowest BCUT2D eigenvalue weighted by atomic mass is 9.59. The summed E-state index contributed by atoms with van der Waals surface area (Å²) in [6.07, 6.45) is 8.84. The summed E-state index contributed by atoms with van der Waals surface area (Å²) < 4.78 is 12.5. The molecule has 4 bridgehead atoms. The average Bonchev–Trinajstić information content (AvgIpc) is 2.68. The van der Waals surface area contributed by atoms with E-state index in [4.69, 9.17) is 9.47 Å². The van der Waals surface area contributed by atoms with Gasteiger partial charge in [-0.2, -0.15) is 0 Å². The molecular weight excluding hydrogens is 388 g/mol. The van der Waals surface area contributed by atoms with Crippen molar-refractivity contribution in [3.05, 3.63) is 0 Å². The van der Waals surface area contributed by atoms with Gasteiger partial charge in [0.1, 0.15) is 11.2 Å². The number of carbonyl (C=O) groups is 2. The van der Waals surface area contributed by atoms with Crippen LogP contribution in [-0.4, -0.2) is 23.1 Å². The van der Waals surface area contributed by atoms with Gasteiger partial charge in [0.05, 0.1) is 5.41 Å². The van der Waals surface area contributed by atoms with Gasteiger partial charge in [-0.15, -0.1) is 0 Å². The first-order valence-electron chi connectivity index (χ1n) is 12.6. The van der Waals surface area contributed by atoms with Gasteiger partial charge in [-0.25, -0.2) is 0 Å². The van der Waals surface area contributed by atoms with Crippen molar-refractivity contribution in [3.8, 4) is 0 Å². The van der Waals surface area contributed by atoms with E-state index in [1.165, 1.54) is 0 Å². The van der Waals surface area contributed by atoms with E-state index >= 15 is 0 Å². The van der Waals surface area contributed by atoms with Crippen molar-refractivity contribution in [2.75, 3.05) is 0 Å². The maximum atomic E-state index is 13.6. The molecule has 178 valence electrons. The van der Waals surface area contributed by atoms with Crippen molar-refractivity contribution in [1.82, 2.24) is 0 Å². The molecule has 4 aliphatic carbocycles. The first-order valence-corrected chi connectivity index (χ1v) is 12.6. The Morgan fingerprint density at radius 2 is 1.55 bits per heavy atom.